The molecule has 0 atom stereocenters. The second-order valence-electron chi connectivity index (χ2n) is 7.46. The fourth-order valence-electron chi connectivity index (χ4n) is 3.16. The molecule has 0 aliphatic heterocycles. The SMILES string of the molecule is COc1cccc(CN=C(NC(=O)c2ccc(C(=O)NC(=Nc3ccccc3OC)SC)cc2)SC)c1. The molecule has 0 fully saturated rings. The van der Waals surface area contributed by atoms with E-state index in [-0.39, 0.29) is 11.8 Å². The van der Waals surface area contributed by atoms with Crippen molar-refractivity contribution in [1.29, 1.82) is 0 Å². The fraction of sp³-hybridized carbons (Fsp3) is 0.185. The Kier molecular flexibility index (Phi) is 10.6. The lowest BCUT2D eigenvalue weighted by molar-refractivity contribution is 0.0966. The van der Waals surface area contributed by atoms with Gasteiger partial charge in [0.05, 0.1) is 20.8 Å². The van der Waals surface area contributed by atoms with Crippen LogP contribution in [0, 0.1) is 0 Å². The highest BCUT2D eigenvalue weighted by Gasteiger charge is 2.13. The maximum absolute atomic E-state index is 12.8. The second kappa shape index (κ2) is 14.1. The number of carbonyl (C=O) groups is 2. The van der Waals surface area contributed by atoms with Gasteiger partial charge in [0.1, 0.15) is 17.2 Å². The molecule has 10 heteroatoms. The summed E-state index contributed by atoms with van der Waals surface area (Å²) in [6, 6.07) is 21.3. The third-order valence-corrected chi connectivity index (χ3v) is 6.28. The molecule has 0 bridgehead atoms. The molecule has 0 saturated heterocycles. The molecule has 0 aliphatic rings. The summed E-state index contributed by atoms with van der Waals surface area (Å²) in [4.78, 5) is 34.5. The van der Waals surface area contributed by atoms with Gasteiger partial charge in [-0.15, -0.1) is 0 Å². The monoisotopic (exact) mass is 536 g/mol. The summed E-state index contributed by atoms with van der Waals surface area (Å²) in [6.45, 7) is 0.404. The minimum absolute atomic E-state index is 0.312. The third kappa shape index (κ3) is 8.12. The molecule has 37 heavy (non-hydrogen) atoms. The Labute approximate surface area is 225 Å². The zero-order chi connectivity index (χ0) is 26.6. The van der Waals surface area contributed by atoms with Gasteiger partial charge in [0, 0.05) is 11.1 Å². The van der Waals surface area contributed by atoms with Gasteiger partial charge >= 0.3 is 0 Å². The average molecular weight is 537 g/mol. The zero-order valence-corrected chi connectivity index (χ0v) is 22.6. The Hall–Kier alpha value is -3.76. The van der Waals surface area contributed by atoms with E-state index in [1.807, 2.05) is 48.9 Å². The molecule has 2 N–H and O–H groups in total. The van der Waals surface area contributed by atoms with Crippen molar-refractivity contribution >= 4 is 51.4 Å². The quantitative estimate of drug-likeness (QED) is 0.321. The minimum Gasteiger partial charge on any atom is -0.497 e. The Bertz CT molecular complexity index is 1290. The number of thioether (sulfide) groups is 2. The van der Waals surface area contributed by atoms with E-state index in [4.69, 9.17) is 9.47 Å². The van der Waals surface area contributed by atoms with Crippen molar-refractivity contribution in [1.82, 2.24) is 10.6 Å². The highest BCUT2D eigenvalue weighted by atomic mass is 32.2. The predicted octanol–water partition coefficient (Wildman–Crippen LogP) is 5.13. The van der Waals surface area contributed by atoms with Gasteiger partial charge in [-0.1, -0.05) is 47.8 Å². The van der Waals surface area contributed by atoms with E-state index in [1.165, 1.54) is 23.5 Å². The van der Waals surface area contributed by atoms with Crippen molar-refractivity contribution < 1.29 is 19.1 Å². The first-order valence-electron chi connectivity index (χ1n) is 11.2. The summed E-state index contributed by atoms with van der Waals surface area (Å²) in [7, 11) is 3.18. The maximum Gasteiger partial charge on any atom is 0.257 e. The van der Waals surface area contributed by atoms with E-state index in [2.05, 4.69) is 20.6 Å². The summed E-state index contributed by atoms with van der Waals surface area (Å²) < 4.78 is 10.6. The number of amidine groups is 2. The van der Waals surface area contributed by atoms with Gasteiger partial charge in [-0.05, 0) is 66.6 Å². The number of benzene rings is 3. The van der Waals surface area contributed by atoms with Crippen molar-refractivity contribution in [3.05, 3.63) is 89.5 Å². The number of aliphatic imine (C=N–C) groups is 2. The summed E-state index contributed by atoms with van der Waals surface area (Å²) in [5.41, 5.74) is 2.39. The molecule has 8 nitrogen and oxygen atoms in total. The Morgan fingerprint density at radius 3 is 2.00 bits per heavy atom. The lowest BCUT2D eigenvalue weighted by Gasteiger charge is -2.10. The fourth-order valence-corrected chi connectivity index (χ4v) is 3.93. The van der Waals surface area contributed by atoms with Crippen LogP contribution in [0.25, 0.3) is 0 Å². The van der Waals surface area contributed by atoms with Gasteiger partial charge in [-0.2, -0.15) is 0 Å². The molecule has 3 aromatic carbocycles. The van der Waals surface area contributed by atoms with E-state index >= 15 is 0 Å². The van der Waals surface area contributed by atoms with Gasteiger partial charge in [-0.25, -0.2) is 4.99 Å². The normalized spacial score (nSPS) is 11.6. The molecule has 0 radical (unpaired) electrons. The van der Waals surface area contributed by atoms with Crippen molar-refractivity contribution in [2.45, 2.75) is 6.54 Å². The van der Waals surface area contributed by atoms with Crippen molar-refractivity contribution in [3.63, 3.8) is 0 Å². The van der Waals surface area contributed by atoms with Crippen LogP contribution in [0.5, 0.6) is 11.5 Å². The van der Waals surface area contributed by atoms with Crippen LogP contribution >= 0.6 is 23.5 Å². The van der Waals surface area contributed by atoms with Crippen LogP contribution in [0.2, 0.25) is 0 Å². The predicted molar refractivity (Wildman–Crippen MR) is 153 cm³/mol. The first-order chi connectivity index (χ1) is 18.0. The molecule has 3 aromatic rings. The number of nitrogens with one attached hydrogen (secondary N) is 2. The summed E-state index contributed by atoms with van der Waals surface area (Å²) >= 11 is 2.65. The number of ether oxygens (including phenoxy) is 2. The first kappa shape index (κ1) is 27.8. The summed E-state index contributed by atoms with van der Waals surface area (Å²) in [5, 5.41) is 6.53. The number of hydrogen-bond donors (Lipinski definition) is 2. The van der Waals surface area contributed by atoms with E-state index in [1.54, 1.807) is 50.6 Å². The molecular weight excluding hydrogens is 508 g/mol. The Morgan fingerprint density at radius 2 is 1.41 bits per heavy atom. The Morgan fingerprint density at radius 1 is 0.784 bits per heavy atom. The molecule has 192 valence electrons. The van der Waals surface area contributed by atoms with Crippen LogP contribution in [0.1, 0.15) is 26.3 Å². The van der Waals surface area contributed by atoms with Crippen LogP contribution < -0.4 is 20.1 Å². The maximum atomic E-state index is 12.8. The smallest absolute Gasteiger partial charge is 0.257 e. The Balaban J connectivity index is 1.64. The van der Waals surface area contributed by atoms with Gasteiger partial charge in [0.15, 0.2) is 10.3 Å². The number of rotatable bonds is 7. The van der Waals surface area contributed by atoms with Gasteiger partial charge < -0.3 is 20.1 Å². The standard InChI is InChI=1S/C27H28N4O4S2/c1-34-21-9-7-8-18(16-21)17-28-26(36-3)30-24(32)19-12-14-20(15-13-19)25(33)31-27(37-4)29-22-10-5-6-11-23(22)35-2/h5-16H,17H2,1-4H3,(H,28,30,32)(H,29,31,33). The van der Waals surface area contributed by atoms with Crippen LogP contribution in [-0.2, 0) is 6.54 Å². The van der Waals surface area contributed by atoms with Crippen LogP contribution in [-0.4, -0.2) is 48.9 Å². The highest BCUT2D eigenvalue weighted by Crippen LogP contribution is 2.27. The molecule has 0 heterocycles. The highest BCUT2D eigenvalue weighted by molar-refractivity contribution is 8.13. The van der Waals surface area contributed by atoms with Gasteiger partial charge in [-0.3, -0.25) is 14.6 Å². The number of carbonyl (C=O) groups excluding carboxylic acids is 2. The van der Waals surface area contributed by atoms with Crippen LogP contribution in [0.3, 0.4) is 0 Å². The molecule has 2 amide bonds. The molecule has 3 rings (SSSR count). The average Bonchev–Trinajstić information content (AvgIpc) is 2.95. The van der Waals surface area contributed by atoms with Crippen LogP contribution in [0.4, 0.5) is 5.69 Å². The van der Waals surface area contributed by atoms with E-state index in [0.29, 0.717) is 39.4 Å². The second-order valence-corrected chi connectivity index (χ2v) is 9.05. The first-order valence-corrected chi connectivity index (χ1v) is 13.6. The van der Waals surface area contributed by atoms with Crippen molar-refractivity contribution in [2.24, 2.45) is 9.98 Å². The number of hydrogen-bond acceptors (Lipinski definition) is 8. The lowest BCUT2D eigenvalue weighted by Crippen LogP contribution is -2.29. The van der Waals surface area contributed by atoms with Gasteiger partial charge in [0.25, 0.3) is 11.8 Å². The number of methoxy groups -OCH3 is 2. The van der Waals surface area contributed by atoms with E-state index in [9.17, 15) is 9.59 Å². The largest absolute Gasteiger partial charge is 0.497 e. The molecule has 0 unspecified atom stereocenters. The molecule has 0 spiro atoms. The topological polar surface area (TPSA) is 101 Å². The minimum atomic E-state index is -0.334. The molecule has 0 aliphatic carbocycles. The van der Waals surface area contributed by atoms with Crippen LogP contribution in [0.15, 0.2) is 82.8 Å². The van der Waals surface area contributed by atoms with E-state index in [0.717, 1.165) is 11.3 Å². The number of nitrogens with zero attached hydrogens (tertiary/aromatic N) is 2. The van der Waals surface area contributed by atoms with Crippen molar-refractivity contribution in [3.8, 4) is 11.5 Å². The third-order valence-electron chi connectivity index (χ3n) is 5.08. The summed E-state index contributed by atoms with van der Waals surface area (Å²) in [5.74, 6) is 0.713. The number of para-hydroxylation sites is 2. The summed E-state index contributed by atoms with van der Waals surface area (Å²) in [6.07, 6.45) is 3.66. The van der Waals surface area contributed by atoms with Crippen molar-refractivity contribution in [2.75, 3.05) is 26.7 Å². The van der Waals surface area contributed by atoms with Gasteiger partial charge in [0.2, 0.25) is 0 Å². The molecule has 0 aromatic heterocycles. The molecule has 0 saturated carbocycles. The number of amides is 2. The molecular formula is C27H28N4O4S2. The lowest BCUT2D eigenvalue weighted by atomic mass is 10.1. The zero-order valence-electron chi connectivity index (χ0n) is 21.0. The van der Waals surface area contributed by atoms with E-state index < -0.39 is 0 Å².